The van der Waals surface area contributed by atoms with Crippen LogP contribution in [0.4, 0.5) is 5.69 Å². The van der Waals surface area contributed by atoms with Gasteiger partial charge in [0.2, 0.25) is 5.91 Å². The van der Waals surface area contributed by atoms with Gasteiger partial charge in [-0.2, -0.15) is 0 Å². The zero-order valence-electron chi connectivity index (χ0n) is 12.2. The van der Waals surface area contributed by atoms with Crippen LogP contribution in [0.2, 0.25) is 0 Å². The number of carboxylic acid groups (broad SMARTS) is 1. The molecule has 114 valence electrons. The predicted octanol–water partition coefficient (Wildman–Crippen LogP) is 3.17. The van der Waals surface area contributed by atoms with E-state index in [0.29, 0.717) is 13.0 Å². The molecule has 21 heavy (non-hydrogen) atoms. The van der Waals surface area contributed by atoms with Crippen LogP contribution in [0.1, 0.15) is 32.6 Å². The zero-order valence-corrected chi connectivity index (χ0v) is 13.1. The van der Waals surface area contributed by atoms with Crippen LogP contribution in [-0.4, -0.2) is 34.0 Å². The highest BCUT2D eigenvalue weighted by atomic mass is 32.2. The van der Waals surface area contributed by atoms with Gasteiger partial charge in [0.1, 0.15) is 0 Å². The summed E-state index contributed by atoms with van der Waals surface area (Å²) in [4.78, 5) is 25.4. The summed E-state index contributed by atoms with van der Waals surface area (Å²) in [6.45, 7) is 2.45. The fourth-order valence-corrected chi connectivity index (χ4v) is 3.84. The molecule has 0 spiro atoms. The molecule has 1 aromatic carbocycles. The molecule has 0 radical (unpaired) electrons. The first-order valence-electron chi connectivity index (χ1n) is 7.26. The Bertz CT molecular complexity index is 498. The Hall–Kier alpha value is -1.49. The summed E-state index contributed by atoms with van der Waals surface area (Å²) in [6, 6.07) is 9.52. The number of carbonyl (C=O) groups is 2. The van der Waals surface area contributed by atoms with Crippen LogP contribution in [0.25, 0.3) is 0 Å². The lowest BCUT2D eigenvalue weighted by Gasteiger charge is -2.31. The quantitative estimate of drug-likeness (QED) is 0.877. The first kappa shape index (κ1) is 15.9. The summed E-state index contributed by atoms with van der Waals surface area (Å²) in [7, 11) is 0. The smallest absolute Gasteiger partial charge is 0.303 e. The van der Waals surface area contributed by atoms with Crippen molar-refractivity contribution in [1.82, 2.24) is 0 Å². The van der Waals surface area contributed by atoms with Crippen molar-refractivity contribution in [2.45, 2.75) is 37.4 Å². The van der Waals surface area contributed by atoms with Crippen LogP contribution < -0.4 is 4.90 Å². The number of para-hydroxylation sites is 1. The summed E-state index contributed by atoms with van der Waals surface area (Å²) >= 11 is 1.71. The number of nitrogens with zero attached hydrogens (tertiary/aromatic N) is 1. The molecule has 4 nitrogen and oxygen atoms in total. The third kappa shape index (κ3) is 4.00. The summed E-state index contributed by atoms with van der Waals surface area (Å²) in [5.41, 5.74) is 0.849. The van der Waals surface area contributed by atoms with E-state index in [1.807, 2.05) is 37.3 Å². The van der Waals surface area contributed by atoms with Crippen molar-refractivity contribution in [3.05, 3.63) is 30.3 Å². The number of hydrogen-bond acceptors (Lipinski definition) is 3. The second-order valence-corrected chi connectivity index (χ2v) is 7.07. The second kappa shape index (κ2) is 6.98. The molecule has 1 amide bonds. The van der Waals surface area contributed by atoms with E-state index in [-0.39, 0.29) is 17.1 Å². The van der Waals surface area contributed by atoms with Crippen molar-refractivity contribution in [3.8, 4) is 0 Å². The van der Waals surface area contributed by atoms with Crippen molar-refractivity contribution in [1.29, 1.82) is 0 Å². The van der Waals surface area contributed by atoms with E-state index < -0.39 is 5.97 Å². The van der Waals surface area contributed by atoms with E-state index in [1.54, 1.807) is 16.7 Å². The lowest BCUT2D eigenvalue weighted by Crippen LogP contribution is -2.44. The van der Waals surface area contributed by atoms with Crippen molar-refractivity contribution in [2.75, 3.05) is 17.2 Å². The van der Waals surface area contributed by atoms with Gasteiger partial charge in [-0.3, -0.25) is 9.59 Å². The number of anilines is 1. The van der Waals surface area contributed by atoms with Crippen LogP contribution in [0.5, 0.6) is 0 Å². The predicted molar refractivity (Wildman–Crippen MR) is 85.8 cm³/mol. The molecule has 1 aromatic rings. The van der Waals surface area contributed by atoms with Crippen LogP contribution in [0.3, 0.4) is 0 Å². The van der Waals surface area contributed by atoms with Gasteiger partial charge in [-0.1, -0.05) is 18.2 Å². The Kier molecular flexibility index (Phi) is 5.28. The highest BCUT2D eigenvalue weighted by molar-refractivity contribution is 8.01. The molecule has 1 atom stereocenters. The molecule has 1 N–H and O–H groups in total. The van der Waals surface area contributed by atoms with E-state index in [0.717, 1.165) is 24.3 Å². The highest BCUT2D eigenvalue weighted by Gasteiger charge is 2.40. The Morgan fingerprint density at radius 3 is 2.62 bits per heavy atom. The maximum absolute atomic E-state index is 12.9. The third-order valence-electron chi connectivity index (χ3n) is 3.76. The van der Waals surface area contributed by atoms with Crippen molar-refractivity contribution in [2.24, 2.45) is 0 Å². The Balaban J connectivity index is 2.15. The maximum atomic E-state index is 12.9. The molecule has 0 bridgehead atoms. The molecule has 0 aliphatic carbocycles. The average Bonchev–Trinajstić information content (AvgIpc) is 2.92. The van der Waals surface area contributed by atoms with Crippen molar-refractivity contribution < 1.29 is 14.7 Å². The van der Waals surface area contributed by atoms with Gasteiger partial charge in [-0.25, -0.2) is 0 Å². The van der Waals surface area contributed by atoms with Crippen LogP contribution in [0.15, 0.2) is 30.3 Å². The number of carboxylic acids is 1. The largest absolute Gasteiger partial charge is 0.481 e. The molecule has 1 fully saturated rings. The van der Waals surface area contributed by atoms with Gasteiger partial charge in [0.25, 0.3) is 0 Å². The summed E-state index contributed by atoms with van der Waals surface area (Å²) < 4.78 is -0.376. The fraction of sp³-hybridized carbons (Fsp3) is 0.500. The van der Waals surface area contributed by atoms with Crippen molar-refractivity contribution >= 4 is 29.3 Å². The molecular formula is C16H21NO3S. The number of rotatable bonds is 6. The van der Waals surface area contributed by atoms with E-state index in [1.165, 1.54) is 0 Å². The number of carbonyl (C=O) groups excluding carboxylic acids is 1. The minimum atomic E-state index is -0.822. The number of aliphatic carboxylic acids is 1. The monoisotopic (exact) mass is 307 g/mol. The van der Waals surface area contributed by atoms with Gasteiger partial charge >= 0.3 is 5.97 Å². The molecule has 5 heteroatoms. The summed E-state index contributed by atoms with van der Waals surface area (Å²) in [5.74, 6) is 0.290. The van der Waals surface area contributed by atoms with E-state index >= 15 is 0 Å². The molecule has 1 saturated heterocycles. The maximum Gasteiger partial charge on any atom is 0.303 e. The lowest BCUT2D eigenvalue weighted by atomic mass is 10.0. The summed E-state index contributed by atoms with van der Waals surface area (Å²) in [6.07, 6.45) is 2.50. The topological polar surface area (TPSA) is 57.6 Å². The fourth-order valence-electron chi connectivity index (χ4n) is 2.58. The molecule has 2 rings (SSSR count). The van der Waals surface area contributed by atoms with E-state index in [4.69, 9.17) is 5.11 Å². The minimum Gasteiger partial charge on any atom is -0.481 e. The lowest BCUT2D eigenvalue weighted by molar-refractivity contribution is -0.137. The number of amides is 1. The van der Waals surface area contributed by atoms with Gasteiger partial charge < -0.3 is 10.0 Å². The number of thioether (sulfide) groups is 1. The van der Waals surface area contributed by atoms with Gasteiger partial charge in [0.15, 0.2) is 0 Å². The first-order valence-corrected chi connectivity index (χ1v) is 8.24. The standard InChI is InChI=1S/C16H21NO3S/c1-16(10-6-12-21-16)15(20)17(11-5-9-14(18)19)13-7-3-2-4-8-13/h2-4,7-8H,5-6,9-12H2,1H3,(H,18,19). The first-order chi connectivity index (χ1) is 10.0. The van der Waals surface area contributed by atoms with Gasteiger partial charge in [0, 0.05) is 18.7 Å². The molecule has 0 saturated carbocycles. The van der Waals surface area contributed by atoms with E-state index in [2.05, 4.69) is 0 Å². The summed E-state index contributed by atoms with van der Waals surface area (Å²) in [5, 5.41) is 8.79. The molecule has 1 aliphatic rings. The highest BCUT2D eigenvalue weighted by Crippen LogP contribution is 2.40. The van der Waals surface area contributed by atoms with Crippen molar-refractivity contribution in [3.63, 3.8) is 0 Å². The Morgan fingerprint density at radius 1 is 1.33 bits per heavy atom. The van der Waals surface area contributed by atoms with Crippen LogP contribution in [-0.2, 0) is 9.59 Å². The van der Waals surface area contributed by atoms with Gasteiger partial charge in [-0.15, -0.1) is 11.8 Å². The molecule has 1 heterocycles. The van der Waals surface area contributed by atoms with Gasteiger partial charge in [-0.05, 0) is 44.1 Å². The third-order valence-corrected chi connectivity index (χ3v) is 5.27. The van der Waals surface area contributed by atoms with E-state index in [9.17, 15) is 9.59 Å². The SMILES string of the molecule is CC1(C(=O)N(CCCC(=O)O)c2ccccc2)CCCS1. The van der Waals surface area contributed by atoms with Gasteiger partial charge in [0.05, 0.1) is 4.75 Å². The van der Waals surface area contributed by atoms with Crippen LogP contribution >= 0.6 is 11.8 Å². The zero-order chi connectivity index (χ0) is 15.3. The number of benzene rings is 1. The Labute approximate surface area is 129 Å². The second-order valence-electron chi connectivity index (χ2n) is 5.47. The Morgan fingerprint density at radius 2 is 2.05 bits per heavy atom. The molecule has 1 unspecified atom stereocenters. The average molecular weight is 307 g/mol. The number of hydrogen-bond donors (Lipinski definition) is 1. The molecular weight excluding hydrogens is 286 g/mol. The minimum absolute atomic E-state index is 0.0838. The molecule has 1 aliphatic heterocycles. The normalized spacial score (nSPS) is 21.2. The van der Waals surface area contributed by atoms with Crippen LogP contribution in [0, 0.1) is 0 Å². The molecule has 0 aromatic heterocycles.